The molecule has 2 aromatic rings. The lowest BCUT2D eigenvalue weighted by Crippen LogP contribution is -2.34. The van der Waals surface area contributed by atoms with E-state index in [4.69, 9.17) is 4.74 Å². The highest BCUT2D eigenvalue weighted by atomic mass is 16.6. The molecule has 0 atom stereocenters. The largest absolute Gasteiger partial charge is 0.444 e. The molecule has 3 rings (SSSR count). The molecular formula is C26H30N4O6. The van der Waals surface area contributed by atoms with Crippen LogP contribution in [0.25, 0.3) is 0 Å². The molecule has 0 aromatic heterocycles. The van der Waals surface area contributed by atoms with Crippen LogP contribution in [0.2, 0.25) is 0 Å². The molecule has 0 unspecified atom stereocenters. The molecule has 3 N–H and O–H groups in total. The second kappa shape index (κ2) is 11.5. The lowest BCUT2D eigenvalue weighted by Gasteiger charge is -2.19. The van der Waals surface area contributed by atoms with E-state index >= 15 is 0 Å². The van der Waals surface area contributed by atoms with Crippen molar-refractivity contribution in [1.29, 1.82) is 0 Å². The number of nitrogens with one attached hydrogen (secondary N) is 3. The number of fused-ring (bicyclic) bond motifs is 1. The SMILES string of the molecule is CC(C)(C)OC(=O)NCCC(=O)Nc1ccc(NC(=O)CCCN2C(=O)c3ccccc3C2=O)cc1. The van der Waals surface area contributed by atoms with Gasteiger partial charge in [0.25, 0.3) is 11.8 Å². The van der Waals surface area contributed by atoms with Gasteiger partial charge < -0.3 is 20.7 Å². The maximum absolute atomic E-state index is 12.4. The average Bonchev–Trinajstić information content (AvgIpc) is 3.04. The second-order valence-corrected chi connectivity index (χ2v) is 9.26. The third-order valence-electron chi connectivity index (χ3n) is 5.14. The number of benzene rings is 2. The van der Waals surface area contributed by atoms with E-state index in [1.807, 2.05) is 0 Å². The van der Waals surface area contributed by atoms with Gasteiger partial charge in [0.15, 0.2) is 0 Å². The summed E-state index contributed by atoms with van der Waals surface area (Å²) in [5, 5.41) is 7.98. The van der Waals surface area contributed by atoms with Gasteiger partial charge in [-0.25, -0.2) is 4.79 Å². The molecule has 0 aliphatic carbocycles. The number of hydrogen-bond donors (Lipinski definition) is 3. The maximum Gasteiger partial charge on any atom is 0.407 e. The Kier molecular flexibility index (Phi) is 8.42. The van der Waals surface area contributed by atoms with Gasteiger partial charge in [0.05, 0.1) is 11.1 Å². The highest BCUT2D eigenvalue weighted by molar-refractivity contribution is 6.21. The van der Waals surface area contributed by atoms with Crippen molar-refractivity contribution in [1.82, 2.24) is 10.2 Å². The van der Waals surface area contributed by atoms with E-state index in [0.29, 0.717) is 28.9 Å². The topological polar surface area (TPSA) is 134 Å². The summed E-state index contributed by atoms with van der Waals surface area (Å²) in [6.07, 6.45) is -0.0384. The van der Waals surface area contributed by atoms with E-state index in [9.17, 15) is 24.0 Å². The molecule has 0 fully saturated rings. The average molecular weight is 495 g/mol. The Balaban J connectivity index is 1.36. The summed E-state index contributed by atoms with van der Waals surface area (Å²) >= 11 is 0. The Morgan fingerprint density at radius 1 is 0.806 bits per heavy atom. The third-order valence-corrected chi connectivity index (χ3v) is 5.14. The van der Waals surface area contributed by atoms with Gasteiger partial charge in [0.2, 0.25) is 11.8 Å². The lowest BCUT2D eigenvalue weighted by molar-refractivity contribution is -0.117. The van der Waals surface area contributed by atoms with Crippen LogP contribution in [-0.4, -0.2) is 53.3 Å². The molecule has 1 heterocycles. The van der Waals surface area contributed by atoms with E-state index in [0.717, 1.165) is 0 Å². The minimum Gasteiger partial charge on any atom is -0.444 e. The van der Waals surface area contributed by atoms with Crippen molar-refractivity contribution in [2.45, 2.75) is 45.6 Å². The predicted octanol–water partition coefficient (Wildman–Crippen LogP) is 3.55. The highest BCUT2D eigenvalue weighted by Crippen LogP contribution is 2.22. The zero-order chi connectivity index (χ0) is 26.3. The van der Waals surface area contributed by atoms with Crippen molar-refractivity contribution in [3.8, 4) is 0 Å². The van der Waals surface area contributed by atoms with E-state index in [1.54, 1.807) is 69.3 Å². The molecule has 0 saturated heterocycles. The summed E-state index contributed by atoms with van der Waals surface area (Å²) in [5.41, 5.74) is 1.25. The molecule has 0 saturated carbocycles. The quantitative estimate of drug-likeness (QED) is 0.457. The van der Waals surface area contributed by atoms with E-state index in [-0.39, 0.29) is 49.6 Å². The summed E-state index contributed by atoms with van der Waals surface area (Å²) in [7, 11) is 0. The van der Waals surface area contributed by atoms with Crippen LogP contribution in [0.4, 0.5) is 16.2 Å². The standard InChI is InChI=1S/C26H30N4O6/c1-26(2,3)36-25(35)27-15-14-22(32)29-18-12-10-17(11-13-18)28-21(31)9-6-16-30-23(33)19-7-4-5-8-20(19)24(30)34/h4-5,7-8,10-13H,6,9,14-16H2,1-3H3,(H,27,35)(H,28,31)(H,29,32). The fraction of sp³-hybridized carbons (Fsp3) is 0.346. The van der Waals surface area contributed by atoms with Crippen LogP contribution in [0.1, 0.15) is 60.7 Å². The summed E-state index contributed by atoms with van der Waals surface area (Å²) in [5.74, 6) is -1.21. The first-order chi connectivity index (χ1) is 17.0. The molecule has 36 heavy (non-hydrogen) atoms. The van der Waals surface area contributed by atoms with Crippen LogP contribution < -0.4 is 16.0 Å². The lowest BCUT2D eigenvalue weighted by atomic mass is 10.1. The predicted molar refractivity (Wildman–Crippen MR) is 134 cm³/mol. The number of rotatable bonds is 9. The second-order valence-electron chi connectivity index (χ2n) is 9.26. The van der Waals surface area contributed by atoms with Crippen molar-refractivity contribution in [3.05, 3.63) is 59.7 Å². The molecule has 1 aliphatic rings. The van der Waals surface area contributed by atoms with E-state index in [2.05, 4.69) is 16.0 Å². The summed E-state index contributed by atoms with van der Waals surface area (Å²) < 4.78 is 5.11. The summed E-state index contributed by atoms with van der Waals surface area (Å²) in [6.45, 7) is 5.56. The number of ether oxygens (including phenoxy) is 1. The minimum atomic E-state index is -0.609. The van der Waals surface area contributed by atoms with Gasteiger partial charge in [-0.3, -0.25) is 24.1 Å². The van der Waals surface area contributed by atoms with Crippen LogP contribution in [-0.2, 0) is 14.3 Å². The molecule has 0 spiro atoms. The number of amides is 5. The van der Waals surface area contributed by atoms with Crippen LogP contribution >= 0.6 is 0 Å². The van der Waals surface area contributed by atoms with Gasteiger partial charge in [0.1, 0.15) is 5.60 Å². The van der Waals surface area contributed by atoms with Gasteiger partial charge in [-0.05, 0) is 63.6 Å². The van der Waals surface area contributed by atoms with Gasteiger partial charge in [-0.1, -0.05) is 12.1 Å². The molecule has 10 nitrogen and oxygen atoms in total. The fourth-order valence-electron chi connectivity index (χ4n) is 3.52. The third kappa shape index (κ3) is 7.39. The van der Waals surface area contributed by atoms with Gasteiger partial charge in [0, 0.05) is 37.3 Å². The van der Waals surface area contributed by atoms with Crippen LogP contribution in [0.15, 0.2) is 48.5 Å². The zero-order valence-corrected chi connectivity index (χ0v) is 20.6. The Bertz CT molecular complexity index is 1120. The Morgan fingerprint density at radius 2 is 1.31 bits per heavy atom. The van der Waals surface area contributed by atoms with Crippen molar-refractivity contribution in [2.24, 2.45) is 0 Å². The van der Waals surface area contributed by atoms with Crippen molar-refractivity contribution >= 4 is 41.1 Å². The smallest absolute Gasteiger partial charge is 0.407 e. The number of alkyl carbamates (subject to hydrolysis) is 1. The number of anilines is 2. The van der Waals surface area contributed by atoms with E-state index < -0.39 is 11.7 Å². The molecule has 10 heteroatoms. The van der Waals surface area contributed by atoms with Gasteiger partial charge in [-0.2, -0.15) is 0 Å². The first-order valence-corrected chi connectivity index (χ1v) is 11.7. The Labute approximate surface area is 209 Å². The fourth-order valence-corrected chi connectivity index (χ4v) is 3.52. The number of imide groups is 1. The summed E-state index contributed by atoms with van der Waals surface area (Å²) in [4.78, 5) is 61.8. The minimum absolute atomic E-state index is 0.0742. The monoisotopic (exact) mass is 494 g/mol. The van der Waals surface area contributed by atoms with E-state index in [1.165, 1.54) is 4.90 Å². The first-order valence-electron chi connectivity index (χ1n) is 11.7. The molecule has 1 aliphatic heterocycles. The number of carbonyl (C=O) groups excluding carboxylic acids is 5. The van der Waals surface area contributed by atoms with Crippen LogP contribution in [0, 0.1) is 0 Å². The van der Waals surface area contributed by atoms with Gasteiger partial charge >= 0.3 is 6.09 Å². The number of nitrogens with zero attached hydrogens (tertiary/aromatic N) is 1. The molecular weight excluding hydrogens is 464 g/mol. The molecule has 5 amide bonds. The van der Waals surface area contributed by atoms with Crippen molar-refractivity contribution in [2.75, 3.05) is 23.7 Å². The highest BCUT2D eigenvalue weighted by Gasteiger charge is 2.34. The van der Waals surface area contributed by atoms with Crippen LogP contribution in [0.3, 0.4) is 0 Å². The Hall–Kier alpha value is -4.21. The van der Waals surface area contributed by atoms with Gasteiger partial charge in [-0.15, -0.1) is 0 Å². The zero-order valence-electron chi connectivity index (χ0n) is 20.6. The molecule has 190 valence electrons. The molecule has 0 radical (unpaired) electrons. The number of carbonyl (C=O) groups is 5. The summed E-state index contributed by atoms with van der Waals surface area (Å²) in [6, 6.07) is 13.3. The number of hydrogen-bond acceptors (Lipinski definition) is 6. The van der Waals surface area contributed by atoms with Crippen LogP contribution in [0.5, 0.6) is 0 Å². The Morgan fingerprint density at radius 3 is 1.81 bits per heavy atom. The first kappa shape index (κ1) is 26.4. The maximum atomic E-state index is 12.4. The molecule has 0 bridgehead atoms. The van der Waals surface area contributed by atoms with Crippen molar-refractivity contribution in [3.63, 3.8) is 0 Å². The van der Waals surface area contributed by atoms with Crippen molar-refractivity contribution < 1.29 is 28.7 Å². The molecule has 2 aromatic carbocycles. The normalized spacial score (nSPS) is 12.7.